The normalized spacial score (nSPS) is 17.3. The van der Waals surface area contributed by atoms with Gasteiger partial charge in [0.15, 0.2) is 5.96 Å². The molecule has 0 aliphatic carbocycles. The molecule has 0 radical (unpaired) electrons. The van der Waals surface area contributed by atoms with Gasteiger partial charge in [-0.3, -0.25) is 4.99 Å². The van der Waals surface area contributed by atoms with Gasteiger partial charge in [0.1, 0.15) is 0 Å². The third kappa shape index (κ3) is 6.39. The lowest BCUT2D eigenvalue weighted by Gasteiger charge is -2.38. The van der Waals surface area contributed by atoms with E-state index in [9.17, 15) is 0 Å². The number of hydrogen-bond donors (Lipinski definition) is 2. The zero-order valence-corrected chi connectivity index (χ0v) is 16.9. The highest BCUT2D eigenvalue weighted by atomic mass is 35.5. The van der Waals surface area contributed by atoms with E-state index < -0.39 is 0 Å². The van der Waals surface area contributed by atoms with Crippen molar-refractivity contribution in [1.29, 1.82) is 0 Å². The topological polar surface area (TPSA) is 45.7 Å². The number of benzene rings is 1. The second-order valence-corrected chi connectivity index (χ2v) is 7.88. The summed E-state index contributed by atoms with van der Waals surface area (Å²) < 4.78 is 5.60. The minimum Gasteiger partial charge on any atom is -0.381 e. The summed E-state index contributed by atoms with van der Waals surface area (Å²) in [7, 11) is 1.83. The number of hydrogen-bond acceptors (Lipinski definition) is 3. The molecule has 6 heteroatoms. The van der Waals surface area contributed by atoms with Gasteiger partial charge < -0.3 is 15.4 Å². The molecule has 1 saturated heterocycles. The maximum Gasteiger partial charge on any atom is 0.191 e. The van der Waals surface area contributed by atoms with Crippen molar-refractivity contribution in [3.8, 4) is 0 Å². The van der Waals surface area contributed by atoms with Crippen molar-refractivity contribution in [3.63, 3.8) is 0 Å². The van der Waals surface area contributed by atoms with Crippen molar-refractivity contribution in [1.82, 2.24) is 10.6 Å². The van der Waals surface area contributed by atoms with E-state index in [1.807, 2.05) is 30.9 Å². The zero-order valence-electron chi connectivity index (χ0n) is 15.3. The maximum absolute atomic E-state index is 6.24. The number of guanidine groups is 1. The number of nitrogens with one attached hydrogen (secondary N) is 2. The number of rotatable bonds is 8. The van der Waals surface area contributed by atoms with Gasteiger partial charge in [0.05, 0.1) is 0 Å². The highest BCUT2D eigenvalue weighted by Gasteiger charge is 2.34. The predicted octanol–water partition coefficient (Wildman–Crippen LogP) is 3.70. The van der Waals surface area contributed by atoms with Crippen LogP contribution < -0.4 is 10.6 Å². The fraction of sp³-hybridized carbons (Fsp3) is 0.632. The lowest BCUT2D eigenvalue weighted by molar-refractivity contribution is 0.0514. The lowest BCUT2D eigenvalue weighted by atomic mass is 9.74. The Morgan fingerprint density at radius 3 is 2.76 bits per heavy atom. The quantitative estimate of drug-likeness (QED) is 0.408. The van der Waals surface area contributed by atoms with Crippen LogP contribution in [0.25, 0.3) is 0 Å². The van der Waals surface area contributed by atoms with Gasteiger partial charge in [-0.2, -0.15) is 11.8 Å². The van der Waals surface area contributed by atoms with E-state index >= 15 is 0 Å². The minimum absolute atomic E-state index is 0.0413. The summed E-state index contributed by atoms with van der Waals surface area (Å²) >= 11 is 8.13. The molecule has 1 heterocycles. The molecular formula is C19H30ClN3OS. The molecule has 1 fully saturated rings. The van der Waals surface area contributed by atoms with Crippen LogP contribution in [-0.2, 0) is 10.2 Å². The average molecular weight is 384 g/mol. The van der Waals surface area contributed by atoms with Crippen LogP contribution in [0, 0.1) is 0 Å². The van der Waals surface area contributed by atoms with Gasteiger partial charge in [-0.15, -0.1) is 0 Å². The van der Waals surface area contributed by atoms with E-state index in [2.05, 4.69) is 34.0 Å². The number of halogens is 1. The summed E-state index contributed by atoms with van der Waals surface area (Å²) in [5.74, 6) is 2.09. The molecule has 0 amide bonds. The second-order valence-electron chi connectivity index (χ2n) is 6.46. The van der Waals surface area contributed by atoms with E-state index in [0.29, 0.717) is 0 Å². The van der Waals surface area contributed by atoms with Gasteiger partial charge in [0.2, 0.25) is 0 Å². The Hall–Kier alpha value is -0.910. The maximum atomic E-state index is 6.24. The molecular weight excluding hydrogens is 354 g/mol. The Morgan fingerprint density at radius 2 is 2.08 bits per heavy atom. The van der Waals surface area contributed by atoms with Gasteiger partial charge in [-0.05, 0) is 55.4 Å². The number of nitrogens with zero attached hydrogens (tertiary/aromatic N) is 1. The van der Waals surface area contributed by atoms with Crippen LogP contribution in [0.2, 0.25) is 5.02 Å². The van der Waals surface area contributed by atoms with E-state index in [1.165, 1.54) is 17.7 Å². The highest BCUT2D eigenvalue weighted by Crippen LogP contribution is 2.35. The number of aliphatic imine (C=N–C) groups is 1. The molecule has 0 bridgehead atoms. The fourth-order valence-corrected chi connectivity index (χ4v) is 3.88. The van der Waals surface area contributed by atoms with E-state index in [0.717, 1.165) is 56.5 Å². The summed E-state index contributed by atoms with van der Waals surface area (Å²) in [4.78, 5) is 4.36. The summed E-state index contributed by atoms with van der Waals surface area (Å²) in [6.07, 6.45) is 6.52. The predicted molar refractivity (Wildman–Crippen MR) is 110 cm³/mol. The molecule has 2 N–H and O–H groups in total. The minimum atomic E-state index is 0.0413. The van der Waals surface area contributed by atoms with Gasteiger partial charge in [-0.25, -0.2) is 0 Å². The third-order valence-corrected chi connectivity index (χ3v) is 5.70. The number of thioether (sulfide) groups is 1. The molecule has 0 atom stereocenters. The van der Waals surface area contributed by atoms with Crippen LogP contribution >= 0.6 is 23.4 Å². The summed E-state index contributed by atoms with van der Waals surface area (Å²) in [6.45, 7) is 3.36. The first-order valence-corrected chi connectivity index (χ1v) is 10.7. The van der Waals surface area contributed by atoms with Gasteiger partial charge in [0.25, 0.3) is 0 Å². The molecule has 0 saturated carbocycles. The molecule has 0 spiro atoms. The van der Waals surface area contributed by atoms with Crippen molar-refractivity contribution >= 4 is 29.3 Å². The van der Waals surface area contributed by atoms with E-state index in [-0.39, 0.29) is 5.41 Å². The Balaban J connectivity index is 1.95. The van der Waals surface area contributed by atoms with Crippen LogP contribution in [0.4, 0.5) is 0 Å². The zero-order chi connectivity index (χ0) is 18.0. The molecule has 1 aromatic rings. The van der Waals surface area contributed by atoms with Gasteiger partial charge in [0, 0.05) is 43.8 Å². The van der Waals surface area contributed by atoms with Crippen LogP contribution in [0.5, 0.6) is 0 Å². The Labute approximate surface area is 161 Å². The van der Waals surface area contributed by atoms with Crippen molar-refractivity contribution in [3.05, 3.63) is 34.9 Å². The molecule has 0 aromatic heterocycles. The Kier molecular flexibility index (Phi) is 8.93. The van der Waals surface area contributed by atoms with Crippen molar-refractivity contribution in [2.45, 2.75) is 31.1 Å². The van der Waals surface area contributed by atoms with Crippen LogP contribution in [0.1, 0.15) is 31.2 Å². The molecule has 1 aliphatic rings. The first-order valence-electron chi connectivity index (χ1n) is 8.97. The molecule has 0 unspecified atom stereocenters. The van der Waals surface area contributed by atoms with E-state index in [4.69, 9.17) is 16.3 Å². The standard InChI is InChI=1S/C19H30ClN3OS/c1-21-18(22-10-3-4-13-25-2)23-15-19(8-11-24-12-9-19)16-6-5-7-17(20)14-16/h5-7,14H,3-4,8-13,15H2,1-2H3,(H2,21,22,23). The van der Waals surface area contributed by atoms with Crippen molar-refractivity contribution < 1.29 is 4.74 Å². The molecule has 25 heavy (non-hydrogen) atoms. The number of ether oxygens (including phenoxy) is 1. The van der Waals surface area contributed by atoms with Crippen LogP contribution in [0.3, 0.4) is 0 Å². The number of unbranched alkanes of at least 4 members (excludes halogenated alkanes) is 1. The van der Waals surface area contributed by atoms with Crippen LogP contribution in [0.15, 0.2) is 29.3 Å². The van der Waals surface area contributed by atoms with Gasteiger partial charge >= 0.3 is 0 Å². The van der Waals surface area contributed by atoms with Crippen LogP contribution in [-0.4, -0.2) is 51.3 Å². The summed E-state index contributed by atoms with van der Waals surface area (Å²) in [5.41, 5.74) is 1.32. The average Bonchev–Trinajstić information content (AvgIpc) is 2.65. The highest BCUT2D eigenvalue weighted by molar-refractivity contribution is 7.98. The first kappa shape index (κ1) is 20.4. The van der Waals surface area contributed by atoms with E-state index in [1.54, 1.807) is 0 Å². The first-order chi connectivity index (χ1) is 12.2. The lowest BCUT2D eigenvalue weighted by Crippen LogP contribution is -2.48. The molecule has 4 nitrogen and oxygen atoms in total. The Bertz CT molecular complexity index is 547. The molecule has 1 aromatic carbocycles. The monoisotopic (exact) mass is 383 g/mol. The molecule has 1 aliphatic heterocycles. The summed E-state index contributed by atoms with van der Waals surface area (Å²) in [6, 6.07) is 8.24. The molecule has 2 rings (SSSR count). The fourth-order valence-electron chi connectivity index (χ4n) is 3.20. The Morgan fingerprint density at radius 1 is 1.28 bits per heavy atom. The molecule has 140 valence electrons. The smallest absolute Gasteiger partial charge is 0.191 e. The van der Waals surface area contributed by atoms with Gasteiger partial charge in [-0.1, -0.05) is 23.7 Å². The SMILES string of the molecule is CN=C(NCCCCSC)NCC1(c2cccc(Cl)c2)CCOCC1. The largest absolute Gasteiger partial charge is 0.381 e. The third-order valence-electron chi connectivity index (χ3n) is 4.77. The summed E-state index contributed by atoms with van der Waals surface area (Å²) in [5, 5.41) is 7.74. The van der Waals surface area contributed by atoms with Crippen molar-refractivity contribution in [2.24, 2.45) is 4.99 Å². The van der Waals surface area contributed by atoms with Crippen molar-refractivity contribution in [2.75, 3.05) is 45.4 Å². The second kappa shape index (κ2) is 10.9.